The lowest BCUT2D eigenvalue weighted by molar-refractivity contribution is 0.0904. The standard InChI is InChI=1S/C18H21N3O2S/c22-17(15-3-6-24-10-15)20-11-18-12-21(8-16(18)9-23-13-18)7-14-1-4-19-5-2-14/h1-6,10,16H,7-9,11-13H2,(H,20,22)/t16-,18+/m1/s1. The molecule has 0 aromatic carbocycles. The summed E-state index contributed by atoms with van der Waals surface area (Å²) in [7, 11) is 0. The summed E-state index contributed by atoms with van der Waals surface area (Å²) in [5, 5.41) is 6.94. The molecule has 0 bridgehead atoms. The van der Waals surface area contributed by atoms with Crippen molar-refractivity contribution in [3.8, 4) is 0 Å². The second-order valence-corrected chi connectivity index (χ2v) is 7.57. The van der Waals surface area contributed by atoms with Gasteiger partial charge in [0.2, 0.25) is 0 Å². The Balaban J connectivity index is 1.40. The highest BCUT2D eigenvalue weighted by atomic mass is 32.1. The van der Waals surface area contributed by atoms with Crippen molar-refractivity contribution in [2.75, 3.05) is 32.8 Å². The van der Waals surface area contributed by atoms with Gasteiger partial charge in [-0.25, -0.2) is 0 Å². The van der Waals surface area contributed by atoms with Crippen molar-refractivity contribution in [3.63, 3.8) is 0 Å². The molecule has 2 aliphatic heterocycles. The molecule has 2 atom stereocenters. The summed E-state index contributed by atoms with van der Waals surface area (Å²) in [6, 6.07) is 6.00. The van der Waals surface area contributed by atoms with Crippen LogP contribution in [0, 0.1) is 11.3 Å². The van der Waals surface area contributed by atoms with E-state index in [1.807, 2.05) is 29.2 Å². The molecule has 0 aliphatic carbocycles. The quantitative estimate of drug-likeness (QED) is 0.902. The van der Waals surface area contributed by atoms with Gasteiger partial charge < -0.3 is 10.1 Å². The number of nitrogens with zero attached hydrogens (tertiary/aromatic N) is 2. The van der Waals surface area contributed by atoms with Crippen LogP contribution in [0.25, 0.3) is 0 Å². The summed E-state index contributed by atoms with van der Waals surface area (Å²) < 4.78 is 5.75. The Morgan fingerprint density at radius 2 is 2.29 bits per heavy atom. The number of ether oxygens (including phenoxy) is 1. The topological polar surface area (TPSA) is 54.5 Å². The van der Waals surface area contributed by atoms with Gasteiger partial charge in [0.1, 0.15) is 0 Å². The molecule has 126 valence electrons. The third kappa shape index (κ3) is 3.09. The van der Waals surface area contributed by atoms with Gasteiger partial charge in [0, 0.05) is 60.8 Å². The molecule has 2 aromatic rings. The normalized spacial score (nSPS) is 26.4. The van der Waals surface area contributed by atoms with E-state index in [4.69, 9.17) is 4.74 Å². The van der Waals surface area contributed by atoms with Crippen LogP contribution in [0.3, 0.4) is 0 Å². The van der Waals surface area contributed by atoms with Gasteiger partial charge >= 0.3 is 0 Å². The number of carbonyl (C=O) groups is 1. The van der Waals surface area contributed by atoms with E-state index in [1.165, 1.54) is 5.56 Å². The van der Waals surface area contributed by atoms with Crippen molar-refractivity contribution in [2.24, 2.45) is 11.3 Å². The molecular weight excluding hydrogens is 322 g/mol. The molecule has 1 N–H and O–H groups in total. The zero-order valence-electron chi connectivity index (χ0n) is 13.5. The number of pyridine rings is 1. The van der Waals surface area contributed by atoms with E-state index in [1.54, 1.807) is 11.3 Å². The third-order valence-corrected chi connectivity index (χ3v) is 5.81. The van der Waals surface area contributed by atoms with Crippen LogP contribution in [0.15, 0.2) is 41.4 Å². The predicted octanol–water partition coefficient (Wildman–Crippen LogP) is 2.02. The maximum atomic E-state index is 12.3. The van der Waals surface area contributed by atoms with Crippen molar-refractivity contribution < 1.29 is 9.53 Å². The molecule has 24 heavy (non-hydrogen) atoms. The molecule has 1 amide bonds. The van der Waals surface area contributed by atoms with Crippen LogP contribution in [-0.2, 0) is 11.3 Å². The highest BCUT2D eigenvalue weighted by Crippen LogP contribution is 2.41. The van der Waals surface area contributed by atoms with Crippen LogP contribution in [0.4, 0.5) is 0 Å². The average Bonchev–Trinajstić information content (AvgIpc) is 3.29. The van der Waals surface area contributed by atoms with Gasteiger partial charge in [0.05, 0.1) is 13.2 Å². The number of amides is 1. The Morgan fingerprint density at radius 3 is 3.08 bits per heavy atom. The Bertz CT molecular complexity index is 692. The lowest BCUT2D eigenvalue weighted by atomic mass is 9.81. The molecule has 0 saturated carbocycles. The molecular formula is C18H21N3O2S. The van der Waals surface area contributed by atoms with Crippen molar-refractivity contribution in [3.05, 3.63) is 52.5 Å². The summed E-state index contributed by atoms with van der Waals surface area (Å²) in [5.74, 6) is 0.506. The number of fused-ring (bicyclic) bond motifs is 1. The number of rotatable bonds is 5. The molecule has 6 heteroatoms. The Kier molecular flexibility index (Phi) is 4.35. The van der Waals surface area contributed by atoms with E-state index in [9.17, 15) is 4.79 Å². The minimum absolute atomic E-state index is 0.0175. The number of hydrogen-bond acceptors (Lipinski definition) is 5. The summed E-state index contributed by atoms with van der Waals surface area (Å²) >= 11 is 1.55. The molecule has 0 radical (unpaired) electrons. The van der Waals surface area contributed by atoms with Crippen LogP contribution < -0.4 is 5.32 Å². The maximum absolute atomic E-state index is 12.3. The van der Waals surface area contributed by atoms with Crippen molar-refractivity contribution in [2.45, 2.75) is 6.54 Å². The van der Waals surface area contributed by atoms with Crippen molar-refractivity contribution >= 4 is 17.2 Å². The highest BCUT2D eigenvalue weighted by Gasteiger charge is 2.50. The number of carbonyl (C=O) groups excluding carboxylic acids is 1. The van der Waals surface area contributed by atoms with Gasteiger partial charge in [-0.15, -0.1) is 0 Å². The first-order chi connectivity index (χ1) is 11.8. The Morgan fingerprint density at radius 1 is 1.42 bits per heavy atom. The van der Waals surface area contributed by atoms with Gasteiger partial charge in [-0.3, -0.25) is 14.7 Å². The first-order valence-corrected chi connectivity index (χ1v) is 9.19. The van der Waals surface area contributed by atoms with Crippen LogP contribution in [0.5, 0.6) is 0 Å². The fourth-order valence-corrected chi connectivity index (χ4v) is 4.45. The number of hydrogen-bond donors (Lipinski definition) is 1. The fourth-order valence-electron chi connectivity index (χ4n) is 3.81. The first-order valence-electron chi connectivity index (χ1n) is 8.25. The molecule has 5 nitrogen and oxygen atoms in total. The lowest BCUT2D eigenvalue weighted by Crippen LogP contribution is -2.43. The van der Waals surface area contributed by atoms with Gasteiger partial charge in [0.25, 0.3) is 5.91 Å². The van der Waals surface area contributed by atoms with Crippen LogP contribution in [0.1, 0.15) is 15.9 Å². The summed E-state index contributed by atoms with van der Waals surface area (Å²) in [4.78, 5) is 18.8. The molecule has 2 aromatic heterocycles. The maximum Gasteiger partial charge on any atom is 0.252 e. The lowest BCUT2D eigenvalue weighted by Gasteiger charge is -2.27. The van der Waals surface area contributed by atoms with Gasteiger partial charge in [-0.05, 0) is 29.1 Å². The van der Waals surface area contributed by atoms with Crippen molar-refractivity contribution in [1.82, 2.24) is 15.2 Å². The first kappa shape index (κ1) is 15.7. The second-order valence-electron chi connectivity index (χ2n) is 6.79. The SMILES string of the molecule is O=C(NC[C@]12COC[C@H]1CN(Cc1ccncc1)C2)c1ccsc1. The highest BCUT2D eigenvalue weighted by molar-refractivity contribution is 7.08. The Hall–Kier alpha value is -1.76. The third-order valence-electron chi connectivity index (χ3n) is 5.13. The number of aromatic nitrogens is 1. The second kappa shape index (κ2) is 6.63. The number of likely N-dealkylation sites (tertiary alicyclic amines) is 1. The molecule has 4 rings (SSSR count). The number of thiophene rings is 1. The molecule has 2 fully saturated rings. The summed E-state index contributed by atoms with van der Waals surface area (Å²) in [6.07, 6.45) is 3.68. The van der Waals surface area contributed by atoms with E-state index < -0.39 is 0 Å². The van der Waals surface area contributed by atoms with Crippen LogP contribution in [0.2, 0.25) is 0 Å². The van der Waals surface area contributed by atoms with E-state index in [0.717, 1.165) is 38.4 Å². The van der Waals surface area contributed by atoms with Crippen LogP contribution >= 0.6 is 11.3 Å². The van der Waals surface area contributed by atoms with E-state index in [-0.39, 0.29) is 11.3 Å². The zero-order valence-corrected chi connectivity index (χ0v) is 14.3. The Labute approximate surface area is 145 Å². The largest absolute Gasteiger partial charge is 0.380 e. The smallest absolute Gasteiger partial charge is 0.252 e. The fraction of sp³-hybridized carbons (Fsp3) is 0.444. The summed E-state index contributed by atoms with van der Waals surface area (Å²) in [5.41, 5.74) is 2.07. The minimum Gasteiger partial charge on any atom is -0.380 e. The summed E-state index contributed by atoms with van der Waals surface area (Å²) in [6.45, 7) is 5.12. The minimum atomic E-state index is 0.0175. The van der Waals surface area contributed by atoms with Gasteiger partial charge in [-0.1, -0.05) is 0 Å². The van der Waals surface area contributed by atoms with Crippen LogP contribution in [-0.4, -0.2) is 48.6 Å². The zero-order chi connectivity index (χ0) is 16.4. The molecule has 4 heterocycles. The molecule has 0 spiro atoms. The predicted molar refractivity (Wildman–Crippen MR) is 92.9 cm³/mol. The van der Waals surface area contributed by atoms with E-state index in [2.05, 4.69) is 27.3 Å². The number of nitrogens with one attached hydrogen (secondary N) is 1. The molecule has 2 aliphatic rings. The monoisotopic (exact) mass is 343 g/mol. The van der Waals surface area contributed by atoms with Gasteiger partial charge in [0.15, 0.2) is 0 Å². The van der Waals surface area contributed by atoms with E-state index in [0.29, 0.717) is 12.5 Å². The average molecular weight is 343 g/mol. The van der Waals surface area contributed by atoms with E-state index >= 15 is 0 Å². The molecule has 2 saturated heterocycles. The van der Waals surface area contributed by atoms with Gasteiger partial charge in [-0.2, -0.15) is 11.3 Å². The van der Waals surface area contributed by atoms with Crippen molar-refractivity contribution in [1.29, 1.82) is 0 Å². The molecule has 0 unspecified atom stereocenters.